The number of amides is 1. The summed E-state index contributed by atoms with van der Waals surface area (Å²) < 4.78 is 31.9. The average molecular weight is 384 g/mol. The van der Waals surface area contributed by atoms with Crippen LogP contribution < -0.4 is 10.2 Å². The molecule has 0 radical (unpaired) electrons. The number of thiophene rings is 1. The maximum atomic E-state index is 13.0. The van der Waals surface area contributed by atoms with Crippen LogP contribution >= 0.6 is 11.3 Å². The molecule has 0 saturated carbocycles. The first-order chi connectivity index (χ1) is 11.9. The number of hydrogen-bond donors (Lipinski definition) is 3. The van der Waals surface area contributed by atoms with E-state index in [1.54, 1.807) is 11.4 Å². The zero-order chi connectivity index (χ0) is 18.2. The third-order valence-corrected chi connectivity index (χ3v) is 6.90. The predicted molar refractivity (Wildman–Crippen MR) is 88.7 cm³/mol. The zero-order valence-electron chi connectivity index (χ0n) is 13.1. The summed E-state index contributed by atoms with van der Waals surface area (Å²) in [5.74, 6) is -0.508. The van der Waals surface area contributed by atoms with Crippen molar-refractivity contribution in [1.29, 1.82) is 0 Å². The maximum Gasteiger partial charge on any atom is 0.264 e. The molecule has 3 N–H and O–H groups in total. The van der Waals surface area contributed by atoms with Gasteiger partial charge in [-0.1, -0.05) is 0 Å². The van der Waals surface area contributed by atoms with Gasteiger partial charge in [-0.3, -0.25) is 10.0 Å². The zero-order valence-corrected chi connectivity index (χ0v) is 14.8. The van der Waals surface area contributed by atoms with E-state index < -0.39 is 28.1 Å². The molecule has 2 atom stereocenters. The number of sulfonamides is 1. The number of benzene rings is 1. The molecule has 2 aromatic rings. The van der Waals surface area contributed by atoms with Crippen LogP contribution in [0.15, 0.2) is 40.6 Å². The smallest absolute Gasteiger partial charge is 0.264 e. The number of aliphatic hydroxyl groups is 1. The fraction of sp³-hybridized carbons (Fsp3) is 0.267. The van der Waals surface area contributed by atoms with Crippen LogP contribution in [0.1, 0.15) is 16.5 Å². The molecular formula is C15H16N2O6S2. The summed E-state index contributed by atoms with van der Waals surface area (Å²) >= 11 is 1.23. The Morgan fingerprint density at radius 2 is 2.00 bits per heavy atom. The molecule has 134 valence electrons. The van der Waals surface area contributed by atoms with Crippen LogP contribution in [0.25, 0.3) is 0 Å². The fourth-order valence-corrected chi connectivity index (χ4v) is 5.26. The molecule has 25 heavy (non-hydrogen) atoms. The molecule has 1 amide bonds. The second-order valence-electron chi connectivity index (χ2n) is 5.40. The van der Waals surface area contributed by atoms with E-state index in [0.717, 1.165) is 4.31 Å². The van der Waals surface area contributed by atoms with Crippen molar-refractivity contribution in [3.8, 4) is 5.75 Å². The van der Waals surface area contributed by atoms with Crippen LogP contribution in [0.5, 0.6) is 5.75 Å². The summed E-state index contributed by atoms with van der Waals surface area (Å²) in [7, 11) is -2.63. The van der Waals surface area contributed by atoms with Gasteiger partial charge < -0.3 is 9.84 Å². The van der Waals surface area contributed by atoms with E-state index in [9.17, 15) is 18.3 Å². The molecule has 1 aromatic carbocycles. The number of carbonyl (C=O) groups is 1. The molecule has 0 aliphatic carbocycles. The van der Waals surface area contributed by atoms with Gasteiger partial charge in [-0.05, 0) is 41.3 Å². The van der Waals surface area contributed by atoms with Gasteiger partial charge in [0.2, 0.25) is 10.0 Å². The van der Waals surface area contributed by atoms with E-state index in [4.69, 9.17) is 9.94 Å². The Labute approximate surface area is 148 Å². The van der Waals surface area contributed by atoms with Gasteiger partial charge in [0.05, 0.1) is 12.0 Å². The summed E-state index contributed by atoms with van der Waals surface area (Å²) in [4.78, 5) is 12.5. The van der Waals surface area contributed by atoms with Gasteiger partial charge in [-0.2, -0.15) is 4.31 Å². The number of hydrogen-bond acceptors (Lipinski definition) is 7. The van der Waals surface area contributed by atoms with Gasteiger partial charge in [0.25, 0.3) is 5.91 Å². The summed E-state index contributed by atoms with van der Waals surface area (Å²) in [6.45, 7) is -0.0810. The van der Waals surface area contributed by atoms with Crippen LogP contribution in [0, 0.1) is 0 Å². The molecule has 0 spiro atoms. The molecule has 10 heteroatoms. The average Bonchev–Trinajstić information content (AvgIpc) is 3.10. The monoisotopic (exact) mass is 384 g/mol. The lowest BCUT2D eigenvalue weighted by atomic mass is 10.0. The highest BCUT2D eigenvalue weighted by Crippen LogP contribution is 2.38. The van der Waals surface area contributed by atoms with Gasteiger partial charge in [-0.25, -0.2) is 13.9 Å². The Hall–Kier alpha value is -1.98. The number of rotatable bonds is 4. The van der Waals surface area contributed by atoms with Crippen molar-refractivity contribution < 1.29 is 28.3 Å². The largest absolute Gasteiger partial charge is 0.497 e. The quantitative estimate of drug-likeness (QED) is 0.532. The number of hydroxylamine groups is 1. The van der Waals surface area contributed by atoms with Gasteiger partial charge in [-0.15, -0.1) is 11.3 Å². The van der Waals surface area contributed by atoms with E-state index in [1.807, 2.05) is 0 Å². The van der Waals surface area contributed by atoms with Gasteiger partial charge in [0, 0.05) is 11.4 Å². The molecule has 0 unspecified atom stereocenters. The number of methoxy groups -OCH3 is 1. The molecule has 1 aliphatic heterocycles. The summed E-state index contributed by atoms with van der Waals surface area (Å²) in [6.07, 6.45) is -1.37. The molecule has 1 aromatic heterocycles. The van der Waals surface area contributed by atoms with Crippen molar-refractivity contribution in [3.63, 3.8) is 0 Å². The second-order valence-corrected chi connectivity index (χ2v) is 8.24. The summed E-state index contributed by atoms with van der Waals surface area (Å²) in [5, 5.41) is 21.2. The minimum absolute atomic E-state index is 0.0464. The Kier molecular flexibility index (Phi) is 4.80. The summed E-state index contributed by atoms with van der Waals surface area (Å²) in [6, 6.07) is 5.93. The van der Waals surface area contributed by atoms with Crippen LogP contribution in [-0.4, -0.2) is 42.1 Å². The number of ether oxygens (including phenoxy) is 1. The Bertz CT molecular complexity index is 878. The Morgan fingerprint density at radius 1 is 1.32 bits per heavy atom. The Morgan fingerprint density at radius 3 is 2.60 bits per heavy atom. The first kappa shape index (κ1) is 17.8. The normalized spacial score (nSPS) is 20.8. The van der Waals surface area contributed by atoms with Crippen LogP contribution in [-0.2, 0) is 21.4 Å². The number of carbonyl (C=O) groups excluding carboxylic acids is 1. The molecule has 0 saturated heterocycles. The van der Waals surface area contributed by atoms with Crippen LogP contribution in [0.3, 0.4) is 0 Å². The van der Waals surface area contributed by atoms with E-state index >= 15 is 0 Å². The lowest BCUT2D eigenvalue weighted by Gasteiger charge is -2.36. The molecule has 3 rings (SSSR count). The third kappa shape index (κ3) is 3.02. The minimum Gasteiger partial charge on any atom is -0.497 e. The first-order valence-electron chi connectivity index (χ1n) is 7.24. The highest BCUT2D eigenvalue weighted by Gasteiger charge is 2.45. The third-order valence-electron chi connectivity index (χ3n) is 4.03. The van der Waals surface area contributed by atoms with Crippen molar-refractivity contribution in [2.45, 2.75) is 23.6 Å². The van der Waals surface area contributed by atoms with Crippen LogP contribution in [0.2, 0.25) is 0 Å². The SMILES string of the molecule is COc1ccc(S(=O)(=O)N2Cc3ccsc3[C@H](O)[C@H]2C(=O)NO)cc1. The van der Waals surface area contributed by atoms with Gasteiger partial charge in [0.15, 0.2) is 0 Å². The predicted octanol–water partition coefficient (Wildman–Crippen LogP) is 0.869. The number of nitrogens with one attached hydrogen (secondary N) is 1. The van der Waals surface area contributed by atoms with Gasteiger partial charge in [0.1, 0.15) is 17.9 Å². The van der Waals surface area contributed by atoms with Crippen molar-refractivity contribution in [2.24, 2.45) is 0 Å². The molecule has 8 nitrogen and oxygen atoms in total. The molecule has 0 bridgehead atoms. The lowest BCUT2D eigenvalue weighted by Crippen LogP contribution is -2.53. The van der Waals surface area contributed by atoms with E-state index in [-0.39, 0.29) is 11.4 Å². The molecule has 0 fully saturated rings. The topological polar surface area (TPSA) is 116 Å². The van der Waals surface area contributed by atoms with E-state index in [2.05, 4.69) is 0 Å². The van der Waals surface area contributed by atoms with E-state index in [0.29, 0.717) is 16.2 Å². The van der Waals surface area contributed by atoms with Crippen molar-refractivity contribution in [1.82, 2.24) is 9.79 Å². The molecule has 2 heterocycles. The molecule has 1 aliphatic rings. The van der Waals surface area contributed by atoms with Gasteiger partial charge >= 0.3 is 0 Å². The van der Waals surface area contributed by atoms with Crippen LogP contribution in [0.4, 0.5) is 0 Å². The lowest BCUT2D eigenvalue weighted by molar-refractivity contribution is -0.137. The Balaban J connectivity index is 2.06. The number of nitrogens with zero attached hydrogens (tertiary/aromatic N) is 1. The standard InChI is InChI=1S/C15H16N2O6S2/c1-23-10-2-4-11(5-3-10)25(21,22)17-8-9-6-7-24-14(9)13(18)12(17)15(19)16-20/h2-7,12-13,18,20H,8H2,1H3,(H,16,19)/t12-,13+/m0/s1. The molecular weight excluding hydrogens is 368 g/mol. The number of aliphatic hydroxyl groups excluding tert-OH is 1. The minimum atomic E-state index is -4.09. The first-order valence-corrected chi connectivity index (χ1v) is 9.56. The van der Waals surface area contributed by atoms with Crippen molar-refractivity contribution in [2.75, 3.05) is 7.11 Å². The van der Waals surface area contributed by atoms with Crippen molar-refractivity contribution >= 4 is 27.3 Å². The highest BCUT2D eigenvalue weighted by molar-refractivity contribution is 7.89. The van der Waals surface area contributed by atoms with E-state index in [1.165, 1.54) is 48.2 Å². The van der Waals surface area contributed by atoms with Crippen molar-refractivity contribution in [3.05, 3.63) is 46.2 Å². The number of fused-ring (bicyclic) bond motifs is 1. The maximum absolute atomic E-state index is 13.0. The second kappa shape index (κ2) is 6.73. The highest BCUT2D eigenvalue weighted by atomic mass is 32.2. The summed E-state index contributed by atoms with van der Waals surface area (Å²) in [5.41, 5.74) is 2.06. The fourth-order valence-electron chi connectivity index (χ4n) is 2.76.